The van der Waals surface area contributed by atoms with E-state index >= 15 is 0 Å². The summed E-state index contributed by atoms with van der Waals surface area (Å²) >= 11 is 0. The summed E-state index contributed by atoms with van der Waals surface area (Å²) in [6, 6.07) is 52.1. The van der Waals surface area contributed by atoms with Gasteiger partial charge in [-0.2, -0.15) is 0 Å². The van der Waals surface area contributed by atoms with Gasteiger partial charge in [0.1, 0.15) is 0 Å². The normalized spacial score (nSPS) is 11.4. The monoisotopic (exact) mass is 638 g/mol. The van der Waals surface area contributed by atoms with Gasteiger partial charge < -0.3 is 9.80 Å². The zero-order valence-electron chi connectivity index (χ0n) is 29.7. The minimum Gasteiger partial charge on any atom is -0.309 e. The van der Waals surface area contributed by atoms with Gasteiger partial charge in [0.25, 0.3) is 0 Å². The summed E-state index contributed by atoms with van der Waals surface area (Å²) in [4.78, 5) is 4.94. The second-order valence-electron chi connectivity index (χ2n) is 13.6. The van der Waals surface area contributed by atoms with Crippen LogP contribution < -0.4 is 9.80 Å². The lowest BCUT2D eigenvalue weighted by Crippen LogP contribution is -2.15. The summed E-state index contributed by atoms with van der Waals surface area (Å²) in [6.07, 6.45) is 2.21. The Balaban J connectivity index is 1.65. The molecule has 2 heteroatoms. The Kier molecular flexibility index (Phi) is 8.97. The summed E-state index contributed by atoms with van der Waals surface area (Å²) in [6.45, 7) is 13.3. The topological polar surface area (TPSA) is 6.48 Å². The fraction of sp³-hybridized carbons (Fsp3) is 0.191. The van der Waals surface area contributed by atoms with Crippen molar-refractivity contribution in [3.05, 3.63) is 167 Å². The number of aryl methyl sites for hydroxylation is 4. The molecule has 0 N–H and O–H groups in total. The minimum absolute atomic E-state index is 0.490. The van der Waals surface area contributed by atoms with Crippen molar-refractivity contribution in [3.63, 3.8) is 0 Å². The van der Waals surface area contributed by atoms with Crippen molar-refractivity contribution in [1.82, 2.24) is 0 Å². The van der Waals surface area contributed by atoms with Crippen LogP contribution in [0.3, 0.4) is 0 Å². The molecule has 0 spiro atoms. The van der Waals surface area contributed by atoms with Crippen LogP contribution >= 0.6 is 0 Å². The van der Waals surface area contributed by atoms with Crippen LogP contribution in [0.4, 0.5) is 34.1 Å². The highest BCUT2D eigenvalue weighted by atomic mass is 15.2. The van der Waals surface area contributed by atoms with Gasteiger partial charge in [-0.05, 0) is 107 Å². The zero-order chi connectivity index (χ0) is 34.1. The highest BCUT2D eigenvalue weighted by molar-refractivity contribution is 6.23. The zero-order valence-corrected chi connectivity index (χ0v) is 29.7. The Morgan fingerprint density at radius 1 is 0.388 bits per heavy atom. The van der Waals surface area contributed by atoms with Gasteiger partial charge >= 0.3 is 0 Å². The molecule has 0 aliphatic carbocycles. The third-order valence-electron chi connectivity index (χ3n) is 10.1. The first-order valence-electron chi connectivity index (χ1n) is 17.7. The van der Waals surface area contributed by atoms with E-state index in [1.807, 2.05) is 0 Å². The first kappa shape index (κ1) is 32.2. The summed E-state index contributed by atoms with van der Waals surface area (Å²) < 4.78 is 0. The van der Waals surface area contributed by atoms with Crippen molar-refractivity contribution in [2.75, 3.05) is 9.80 Å². The second kappa shape index (κ2) is 13.6. The van der Waals surface area contributed by atoms with Crippen molar-refractivity contribution < 1.29 is 0 Å². The first-order chi connectivity index (χ1) is 23.9. The predicted octanol–water partition coefficient (Wildman–Crippen LogP) is 14.1. The van der Waals surface area contributed by atoms with Crippen molar-refractivity contribution >= 4 is 55.7 Å². The third-order valence-corrected chi connectivity index (χ3v) is 10.1. The van der Waals surface area contributed by atoms with Gasteiger partial charge in [-0.25, -0.2) is 0 Å². The van der Waals surface area contributed by atoms with Crippen LogP contribution in [0.2, 0.25) is 0 Å². The molecule has 0 atom stereocenters. The van der Waals surface area contributed by atoms with Gasteiger partial charge in [-0.15, -0.1) is 0 Å². The molecule has 0 radical (unpaired) electrons. The van der Waals surface area contributed by atoms with Gasteiger partial charge in [0.05, 0.1) is 11.4 Å². The molecule has 0 aliphatic rings. The summed E-state index contributed by atoms with van der Waals surface area (Å²) in [5, 5.41) is 4.92. The van der Waals surface area contributed by atoms with E-state index in [0.29, 0.717) is 5.92 Å². The third kappa shape index (κ3) is 6.20. The SMILES string of the molecule is CCC(CC)c1ccc2c(N(c3ccc(C)cc3)c3ccc(C)cc3)c3ccccc3c(N(c3ccc(C)cc3)c3ccc(C)cc3)c2c1. The van der Waals surface area contributed by atoms with Crippen LogP contribution in [0, 0.1) is 27.7 Å². The van der Waals surface area contributed by atoms with E-state index in [1.165, 1.54) is 60.7 Å². The molecule has 0 fully saturated rings. The molecule has 0 amide bonds. The Morgan fingerprint density at radius 2 is 0.714 bits per heavy atom. The number of rotatable bonds is 9. The van der Waals surface area contributed by atoms with Crippen molar-refractivity contribution in [1.29, 1.82) is 0 Å². The van der Waals surface area contributed by atoms with Gasteiger partial charge in [0.2, 0.25) is 0 Å². The van der Waals surface area contributed by atoms with Crippen LogP contribution in [-0.2, 0) is 0 Å². The summed E-state index contributed by atoms with van der Waals surface area (Å²) in [5.41, 5.74) is 13.4. The van der Waals surface area contributed by atoms with E-state index < -0.39 is 0 Å². The Morgan fingerprint density at radius 3 is 1.06 bits per heavy atom. The number of benzene rings is 7. The Bertz CT molecular complexity index is 2120. The number of anilines is 6. The maximum Gasteiger partial charge on any atom is 0.0620 e. The molecule has 244 valence electrons. The van der Waals surface area contributed by atoms with Crippen LogP contribution in [-0.4, -0.2) is 0 Å². The van der Waals surface area contributed by atoms with Crippen molar-refractivity contribution in [3.8, 4) is 0 Å². The molecule has 0 bridgehead atoms. The van der Waals surface area contributed by atoms with Crippen LogP contribution in [0.15, 0.2) is 140 Å². The molecule has 0 saturated carbocycles. The summed E-state index contributed by atoms with van der Waals surface area (Å²) in [5.74, 6) is 0.490. The molecule has 2 nitrogen and oxygen atoms in total. The molecule has 0 aliphatic heterocycles. The number of nitrogens with zero attached hydrogens (tertiary/aromatic N) is 2. The lowest BCUT2D eigenvalue weighted by atomic mass is 9.89. The average molecular weight is 639 g/mol. The highest BCUT2D eigenvalue weighted by Gasteiger charge is 2.26. The molecule has 7 aromatic carbocycles. The van der Waals surface area contributed by atoms with Crippen molar-refractivity contribution in [2.45, 2.75) is 60.3 Å². The smallest absolute Gasteiger partial charge is 0.0620 e. The van der Waals surface area contributed by atoms with E-state index in [4.69, 9.17) is 0 Å². The average Bonchev–Trinajstić information content (AvgIpc) is 3.12. The van der Waals surface area contributed by atoms with Gasteiger partial charge in [-0.1, -0.05) is 121 Å². The van der Waals surface area contributed by atoms with Gasteiger partial charge in [-0.3, -0.25) is 0 Å². The van der Waals surface area contributed by atoms with Gasteiger partial charge in [0.15, 0.2) is 0 Å². The maximum absolute atomic E-state index is 2.50. The van der Waals surface area contributed by atoms with Crippen LogP contribution in [0.25, 0.3) is 21.5 Å². The van der Waals surface area contributed by atoms with Crippen LogP contribution in [0.1, 0.15) is 60.4 Å². The molecule has 0 aromatic heterocycles. The number of hydrogen-bond acceptors (Lipinski definition) is 2. The summed E-state index contributed by atoms with van der Waals surface area (Å²) in [7, 11) is 0. The molecule has 7 aromatic rings. The molecule has 0 saturated heterocycles. The molecule has 49 heavy (non-hydrogen) atoms. The maximum atomic E-state index is 2.50. The second-order valence-corrected chi connectivity index (χ2v) is 13.6. The Labute approximate surface area is 292 Å². The Hall–Kier alpha value is -5.34. The fourth-order valence-corrected chi connectivity index (χ4v) is 7.24. The molecule has 7 rings (SSSR count). The number of fused-ring (bicyclic) bond motifs is 2. The van der Waals surface area contributed by atoms with Gasteiger partial charge in [0, 0.05) is 44.3 Å². The molecular weight excluding hydrogens is 593 g/mol. The quantitative estimate of drug-likeness (QED) is 0.115. The number of hydrogen-bond donors (Lipinski definition) is 0. The largest absolute Gasteiger partial charge is 0.309 e. The molecule has 0 heterocycles. The van der Waals surface area contributed by atoms with E-state index in [0.717, 1.165) is 35.6 Å². The standard InChI is InChI=1S/C47H46N2/c1-7-36(8-2)37-21-30-44-45(31-37)47(49(40-26-17-34(5)18-27-40)41-28-19-35(6)20-29-41)43-12-10-9-11-42(43)46(44)48(38-22-13-32(3)14-23-38)39-24-15-33(4)16-25-39/h9-31,36H,7-8H2,1-6H3. The van der Waals surface area contributed by atoms with Crippen LogP contribution in [0.5, 0.6) is 0 Å². The molecular formula is C47H46N2. The van der Waals surface area contributed by atoms with Crippen molar-refractivity contribution in [2.24, 2.45) is 0 Å². The predicted molar refractivity (Wildman–Crippen MR) is 213 cm³/mol. The molecule has 0 unspecified atom stereocenters. The van der Waals surface area contributed by atoms with E-state index in [9.17, 15) is 0 Å². The minimum atomic E-state index is 0.490. The highest BCUT2D eigenvalue weighted by Crippen LogP contribution is 2.51. The lowest BCUT2D eigenvalue weighted by molar-refractivity contribution is 0.643. The fourth-order valence-electron chi connectivity index (χ4n) is 7.24. The van der Waals surface area contributed by atoms with E-state index in [2.05, 4.69) is 191 Å². The van der Waals surface area contributed by atoms with E-state index in [-0.39, 0.29) is 0 Å². The first-order valence-corrected chi connectivity index (χ1v) is 17.7. The van der Waals surface area contributed by atoms with E-state index in [1.54, 1.807) is 0 Å². The lowest BCUT2D eigenvalue weighted by Gasteiger charge is -2.33.